The van der Waals surface area contributed by atoms with Gasteiger partial charge in [-0.05, 0) is 57.1 Å². The van der Waals surface area contributed by atoms with E-state index in [1.54, 1.807) is 7.11 Å². The largest absolute Gasteiger partial charge is 0.497 e. The molecule has 0 spiro atoms. The van der Waals surface area contributed by atoms with Crippen molar-refractivity contribution in [3.63, 3.8) is 0 Å². The standard InChI is InChI=1S/C18H29NO2/c1-14-13-15(21-4)9-10-16(14)17(20)18(19(2)3)11-7-5-6-8-12-18/h9-10,13,17,20H,5-8,11-12H2,1-4H3. The van der Waals surface area contributed by atoms with Crippen LogP contribution in [0.4, 0.5) is 0 Å². The van der Waals surface area contributed by atoms with Crippen LogP contribution in [-0.4, -0.2) is 36.8 Å². The van der Waals surface area contributed by atoms with E-state index in [0.717, 1.165) is 29.7 Å². The molecule has 1 N–H and O–H groups in total. The molecule has 0 aliphatic heterocycles. The van der Waals surface area contributed by atoms with Crippen LogP contribution in [0.25, 0.3) is 0 Å². The minimum atomic E-state index is -0.448. The second kappa shape index (κ2) is 6.80. The van der Waals surface area contributed by atoms with Crippen molar-refractivity contribution in [2.75, 3.05) is 21.2 Å². The maximum Gasteiger partial charge on any atom is 0.119 e. The smallest absolute Gasteiger partial charge is 0.119 e. The second-order valence-corrected chi connectivity index (χ2v) is 6.54. The van der Waals surface area contributed by atoms with E-state index in [1.165, 1.54) is 25.7 Å². The Balaban J connectivity index is 2.36. The summed E-state index contributed by atoms with van der Waals surface area (Å²) in [6.07, 6.45) is 6.64. The summed E-state index contributed by atoms with van der Waals surface area (Å²) in [5, 5.41) is 11.2. The first-order valence-electron chi connectivity index (χ1n) is 8.01. The lowest BCUT2D eigenvalue weighted by atomic mass is 9.79. The zero-order valence-corrected chi connectivity index (χ0v) is 13.9. The van der Waals surface area contributed by atoms with E-state index in [-0.39, 0.29) is 5.54 Å². The Morgan fingerprint density at radius 1 is 1.14 bits per heavy atom. The fraction of sp³-hybridized carbons (Fsp3) is 0.667. The van der Waals surface area contributed by atoms with Gasteiger partial charge >= 0.3 is 0 Å². The fourth-order valence-corrected chi connectivity index (χ4v) is 3.68. The van der Waals surface area contributed by atoms with Crippen LogP contribution in [0.2, 0.25) is 0 Å². The van der Waals surface area contributed by atoms with Gasteiger partial charge in [-0.15, -0.1) is 0 Å². The number of rotatable bonds is 4. The van der Waals surface area contributed by atoms with Gasteiger partial charge in [0.15, 0.2) is 0 Å². The number of aryl methyl sites for hydroxylation is 1. The predicted octanol–water partition coefficient (Wildman–Crippen LogP) is 3.69. The van der Waals surface area contributed by atoms with Crippen LogP contribution in [0.3, 0.4) is 0 Å². The third-order valence-corrected chi connectivity index (χ3v) is 5.14. The quantitative estimate of drug-likeness (QED) is 0.859. The van der Waals surface area contributed by atoms with Crippen molar-refractivity contribution in [2.45, 2.75) is 57.1 Å². The molecule has 21 heavy (non-hydrogen) atoms. The van der Waals surface area contributed by atoms with Gasteiger partial charge in [0.2, 0.25) is 0 Å². The van der Waals surface area contributed by atoms with E-state index in [9.17, 15) is 5.11 Å². The van der Waals surface area contributed by atoms with Gasteiger partial charge in [-0.2, -0.15) is 0 Å². The molecule has 0 amide bonds. The van der Waals surface area contributed by atoms with Crippen LogP contribution >= 0.6 is 0 Å². The average Bonchev–Trinajstić information content (AvgIpc) is 2.73. The van der Waals surface area contributed by atoms with E-state index in [2.05, 4.69) is 25.9 Å². The average molecular weight is 291 g/mol. The molecule has 1 aromatic carbocycles. The van der Waals surface area contributed by atoms with Gasteiger partial charge in [0, 0.05) is 0 Å². The summed E-state index contributed by atoms with van der Waals surface area (Å²) in [5.74, 6) is 0.850. The van der Waals surface area contributed by atoms with Gasteiger partial charge in [0.25, 0.3) is 0 Å². The van der Waals surface area contributed by atoms with Crippen molar-refractivity contribution >= 4 is 0 Å². The lowest BCUT2D eigenvalue weighted by Crippen LogP contribution is -2.49. The molecule has 118 valence electrons. The maximum absolute atomic E-state index is 11.2. The first kappa shape index (κ1) is 16.3. The van der Waals surface area contributed by atoms with Crippen LogP contribution in [0.15, 0.2) is 18.2 Å². The van der Waals surface area contributed by atoms with Crippen molar-refractivity contribution < 1.29 is 9.84 Å². The number of nitrogens with zero attached hydrogens (tertiary/aromatic N) is 1. The van der Waals surface area contributed by atoms with Crippen molar-refractivity contribution in [1.29, 1.82) is 0 Å². The van der Waals surface area contributed by atoms with Gasteiger partial charge in [0.1, 0.15) is 5.75 Å². The maximum atomic E-state index is 11.2. The van der Waals surface area contributed by atoms with Crippen molar-refractivity contribution in [2.24, 2.45) is 0 Å². The van der Waals surface area contributed by atoms with E-state index in [1.807, 2.05) is 18.2 Å². The predicted molar refractivity (Wildman–Crippen MR) is 86.8 cm³/mol. The highest BCUT2D eigenvalue weighted by Gasteiger charge is 2.41. The molecular weight excluding hydrogens is 262 g/mol. The Kier molecular flexibility index (Phi) is 5.28. The second-order valence-electron chi connectivity index (χ2n) is 6.54. The summed E-state index contributed by atoms with van der Waals surface area (Å²) < 4.78 is 5.28. The molecule has 1 aliphatic rings. The van der Waals surface area contributed by atoms with Crippen LogP contribution in [0, 0.1) is 6.92 Å². The Hall–Kier alpha value is -1.06. The van der Waals surface area contributed by atoms with Gasteiger partial charge in [-0.3, -0.25) is 0 Å². The number of methoxy groups -OCH3 is 1. The normalized spacial score (nSPS) is 20.1. The molecule has 1 aliphatic carbocycles. The topological polar surface area (TPSA) is 32.7 Å². The van der Waals surface area contributed by atoms with Crippen LogP contribution in [0.5, 0.6) is 5.75 Å². The van der Waals surface area contributed by atoms with Gasteiger partial charge in [-0.1, -0.05) is 31.7 Å². The summed E-state index contributed by atoms with van der Waals surface area (Å²) >= 11 is 0. The molecule has 3 heteroatoms. The molecule has 0 aromatic heterocycles. The number of likely N-dealkylation sites (N-methyl/N-ethyl adjacent to an activating group) is 1. The van der Waals surface area contributed by atoms with Crippen molar-refractivity contribution in [3.8, 4) is 5.75 Å². The van der Waals surface area contributed by atoms with Gasteiger partial charge in [-0.25, -0.2) is 0 Å². The molecule has 1 saturated carbocycles. The van der Waals surface area contributed by atoms with Crippen LogP contribution in [0.1, 0.15) is 55.8 Å². The highest BCUT2D eigenvalue weighted by Crippen LogP contribution is 2.42. The first-order chi connectivity index (χ1) is 10.0. The molecule has 0 heterocycles. The van der Waals surface area contributed by atoms with E-state index < -0.39 is 6.10 Å². The molecule has 0 bridgehead atoms. The molecular formula is C18H29NO2. The molecule has 1 aromatic rings. The zero-order chi connectivity index (χ0) is 15.5. The number of aliphatic hydroxyl groups excluding tert-OH is 1. The number of hydrogen-bond acceptors (Lipinski definition) is 3. The van der Waals surface area contributed by atoms with E-state index in [4.69, 9.17) is 4.74 Å². The fourth-order valence-electron chi connectivity index (χ4n) is 3.68. The summed E-state index contributed by atoms with van der Waals surface area (Å²) in [6, 6.07) is 5.99. The summed E-state index contributed by atoms with van der Waals surface area (Å²) in [5.41, 5.74) is 1.99. The SMILES string of the molecule is COc1ccc(C(O)C2(N(C)C)CCCCCC2)c(C)c1. The Morgan fingerprint density at radius 3 is 2.24 bits per heavy atom. The lowest BCUT2D eigenvalue weighted by Gasteiger charge is -2.44. The molecule has 2 rings (SSSR count). The van der Waals surface area contributed by atoms with Crippen LogP contribution in [-0.2, 0) is 0 Å². The Bertz CT molecular complexity index is 462. The molecule has 1 atom stereocenters. The minimum Gasteiger partial charge on any atom is -0.497 e. The Labute approximate surface area is 128 Å². The number of benzene rings is 1. The Morgan fingerprint density at radius 2 is 1.76 bits per heavy atom. The number of aliphatic hydroxyl groups is 1. The van der Waals surface area contributed by atoms with Gasteiger partial charge < -0.3 is 14.7 Å². The third-order valence-electron chi connectivity index (χ3n) is 5.14. The molecule has 0 saturated heterocycles. The van der Waals surface area contributed by atoms with Gasteiger partial charge in [0.05, 0.1) is 18.8 Å². The van der Waals surface area contributed by atoms with Crippen molar-refractivity contribution in [3.05, 3.63) is 29.3 Å². The highest BCUT2D eigenvalue weighted by molar-refractivity contribution is 5.37. The van der Waals surface area contributed by atoms with Crippen molar-refractivity contribution in [1.82, 2.24) is 4.90 Å². The number of hydrogen-bond donors (Lipinski definition) is 1. The van der Waals surface area contributed by atoms with E-state index in [0.29, 0.717) is 0 Å². The van der Waals surface area contributed by atoms with Crippen LogP contribution < -0.4 is 4.74 Å². The minimum absolute atomic E-state index is 0.143. The third kappa shape index (κ3) is 3.24. The lowest BCUT2D eigenvalue weighted by molar-refractivity contribution is -0.0202. The molecule has 1 unspecified atom stereocenters. The molecule has 1 fully saturated rings. The number of ether oxygens (including phenoxy) is 1. The summed E-state index contributed by atoms with van der Waals surface area (Å²) in [7, 11) is 5.89. The summed E-state index contributed by atoms with van der Waals surface area (Å²) in [4.78, 5) is 2.24. The molecule has 0 radical (unpaired) electrons. The zero-order valence-electron chi connectivity index (χ0n) is 13.9. The highest BCUT2D eigenvalue weighted by atomic mass is 16.5. The first-order valence-corrected chi connectivity index (χ1v) is 8.01. The summed E-state index contributed by atoms with van der Waals surface area (Å²) in [6.45, 7) is 2.06. The monoisotopic (exact) mass is 291 g/mol. The molecule has 3 nitrogen and oxygen atoms in total. The van der Waals surface area contributed by atoms with E-state index >= 15 is 0 Å².